The van der Waals surface area contributed by atoms with Gasteiger partial charge >= 0.3 is 0 Å². The Labute approximate surface area is 153 Å². The van der Waals surface area contributed by atoms with E-state index in [-0.39, 0.29) is 5.91 Å². The van der Waals surface area contributed by atoms with E-state index in [1.807, 2.05) is 29.3 Å². The number of carbonyl (C=O) groups is 1. The van der Waals surface area contributed by atoms with Crippen molar-refractivity contribution in [1.82, 2.24) is 9.88 Å². The molecule has 0 spiro atoms. The normalized spacial score (nSPS) is 15.3. The molecular weight excluding hydrogens is 324 g/mol. The first kappa shape index (κ1) is 16.7. The van der Waals surface area contributed by atoms with Gasteiger partial charge in [0.05, 0.1) is 18.2 Å². The smallest absolute Gasteiger partial charge is 0.256 e. The zero-order chi connectivity index (χ0) is 17.9. The summed E-state index contributed by atoms with van der Waals surface area (Å²) in [6.45, 7) is 1.65. The van der Waals surface area contributed by atoms with E-state index in [2.05, 4.69) is 35.3 Å². The maximum Gasteiger partial charge on any atom is 0.256 e. The Kier molecular flexibility index (Phi) is 4.65. The SMILES string of the molecule is COc1cccc2c(C(=O)N3CCC(Cc4ccccc4)CC3)c[nH]c12. The fraction of sp³-hybridized carbons (Fsp3) is 0.318. The number of hydrogen-bond donors (Lipinski definition) is 1. The highest BCUT2D eigenvalue weighted by atomic mass is 16.5. The number of likely N-dealkylation sites (tertiary alicyclic amines) is 1. The number of methoxy groups -OCH3 is 1. The van der Waals surface area contributed by atoms with E-state index in [0.717, 1.165) is 54.6 Å². The highest BCUT2D eigenvalue weighted by Crippen LogP contribution is 2.29. The third kappa shape index (κ3) is 3.19. The van der Waals surface area contributed by atoms with Gasteiger partial charge in [-0.3, -0.25) is 4.79 Å². The average Bonchev–Trinajstić information content (AvgIpc) is 3.13. The van der Waals surface area contributed by atoms with E-state index >= 15 is 0 Å². The van der Waals surface area contributed by atoms with Crippen molar-refractivity contribution in [2.45, 2.75) is 19.3 Å². The Balaban J connectivity index is 1.44. The van der Waals surface area contributed by atoms with Gasteiger partial charge in [0.1, 0.15) is 5.75 Å². The monoisotopic (exact) mass is 348 g/mol. The van der Waals surface area contributed by atoms with Gasteiger partial charge in [0.2, 0.25) is 0 Å². The van der Waals surface area contributed by atoms with Crippen LogP contribution in [0.1, 0.15) is 28.8 Å². The van der Waals surface area contributed by atoms with Crippen LogP contribution >= 0.6 is 0 Å². The van der Waals surface area contributed by atoms with Gasteiger partial charge in [-0.15, -0.1) is 0 Å². The first-order valence-electron chi connectivity index (χ1n) is 9.23. The van der Waals surface area contributed by atoms with Gasteiger partial charge in [-0.1, -0.05) is 42.5 Å². The molecule has 1 aliphatic heterocycles. The molecule has 1 saturated heterocycles. The number of ether oxygens (including phenoxy) is 1. The summed E-state index contributed by atoms with van der Waals surface area (Å²) in [5.74, 6) is 1.54. The van der Waals surface area contributed by atoms with Crippen LogP contribution in [0.15, 0.2) is 54.7 Å². The lowest BCUT2D eigenvalue weighted by molar-refractivity contribution is 0.0692. The van der Waals surface area contributed by atoms with Crippen molar-refractivity contribution in [2.75, 3.05) is 20.2 Å². The van der Waals surface area contributed by atoms with Crippen LogP contribution in [0.4, 0.5) is 0 Å². The molecule has 4 rings (SSSR count). The molecule has 1 amide bonds. The molecule has 0 atom stereocenters. The number of rotatable bonds is 4. The van der Waals surface area contributed by atoms with Crippen molar-refractivity contribution in [3.8, 4) is 5.75 Å². The number of H-pyrrole nitrogens is 1. The lowest BCUT2D eigenvalue weighted by atomic mass is 9.90. The molecule has 2 heterocycles. The van der Waals surface area contributed by atoms with E-state index in [0.29, 0.717) is 5.92 Å². The third-order valence-corrected chi connectivity index (χ3v) is 5.40. The molecule has 1 N–H and O–H groups in total. The number of piperidine rings is 1. The van der Waals surface area contributed by atoms with Crippen LogP contribution in [0.5, 0.6) is 5.75 Å². The minimum Gasteiger partial charge on any atom is -0.495 e. The van der Waals surface area contributed by atoms with Gasteiger partial charge in [-0.2, -0.15) is 0 Å². The van der Waals surface area contributed by atoms with Crippen molar-refractivity contribution in [3.63, 3.8) is 0 Å². The molecule has 0 radical (unpaired) electrons. The maximum absolute atomic E-state index is 13.0. The maximum atomic E-state index is 13.0. The van der Waals surface area contributed by atoms with Crippen LogP contribution in [0.3, 0.4) is 0 Å². The fourth-order valence-electron chi connectivity index (χ4n) is 3.93. The van der Waals surface area contributed by atoms with E-state index in [9.17, 15) is 4.79 Å². The minimum absolute atomic E-state index is 0.114. The molecule has 26 heavy (non-hydrogen) atoms. The molecule has 4 heteroatoms. The molecule has 4 nitrogen and oxygen atoms in total. The van der Waals surface area contributed by atoms with Crippen molar-refractivity contribution in [3.05, 3.63) is 65.9 Å². The number of nitrogens with zero attached hydrogens (tertiary/aromatic N) is 1. The highest BCUT2D eigenvalue weighted by molar-refractivity contribution is 6.08. The van der Waals surface area contributed by atoms with Crippen LogP contribution in [0.25, 0.3) is 10.9 Å². The quantitative estimate of drug-likeness (QED) is 0.765. The first-order chi connectivity index (χ1) is 12.8. The second-order valence-electron chi connectivity index (χ2n) is 7.01. The predicted molar refractivity (Wildman–Crippen MR) is 104 cm³/mol. The Morgan fingerprint density at radius 3 is 2.62 bits per heavy atom. The third-order valence-electron chi connectivity index (χ3n) is 5.40. The summed E-state index contributed by atoms with van der Waals surface area (Å²) < 4.78 is 5.38. The average molecular weight is 348 g/mol. The summed E-state index contributed by atoms with van der Waals surface area (Å²) in [5, 5.41) is 0.931. The number of nitrogens with one attached hydrogen (secondary N) is 1. The van der Waals surface area contributed by atoms with E-state index < -0.39 is 0 Å². The molecule has 0 saturated carbocycles. The Bertz CT molecular complexity index is 893. The van der Waals surface area contributed by atoms with Gasteiger partial charge in [-0.25, -0.2) is 0 Å². The molecule has 134 valence electrons. The van der Waals surface area contributed by atoms with E-state index in [1.165, 1.54) is 5.56 Å². The first-order valence-corrected chi connectivity index (χ1v) is 9.23. The minimum atomic E-state index is 0.114. The zero-order valence-corrected chi connectivity index (χ0v) is 15.1. The molecule has 1 fully saturated rings. The second-order valence-corrected chi connectivity index (χ2v) is 7.01. The molecule has 1 aromatic heterocycles. The number of para-hydroxylation sites is 1. The van der Waals surface area contributed by atoms with Crippen molar-refractivity contribution < 1.29 is 9.53 Å². The lowest BCUT2D eigenvalue weighted by Gasteiger charge is -2.32. The van der Waals surface area contributed by atoms with Crippen molar-refractivity contribution >= 4 is 16.8 Å². The molecule has 3 aromatic rings. The summed E-state index contributed by atoms with van der Waals surface area (Å²) in [6, 6.07) is 16.4. The van der Waals surface area contributed by atoms with Crippen LogP contribution in [-0.4, -0.2) is 36.0 Å². The van der Waals surface area contributed by atoms with Gasteiger partial charge in [0, 0.05) is 24.7 Å². The summed E-state index contributed by atoms with van der Waals surface area (Å²) in [5.41, 5.74) is 3.01. The van der Waals surface area contributed by atoms with Crippen LogP contribution in [-0.2, 0) is 6.42 Å². The standard InChI is InChI=1S/C22H24N2O2/c1-26-20-9-5-8-18-19(15-23-21(18)20)22(25)24-12-10-17(11-13-24)14-16-6-3-2-4-7-16/h2-9,15,17,23H,10-14H2,1H3. The number of aromatic amines is 1. The van der Waals surface area contributed by atoms with Crippen molar-refractivity contribution in [1.29, 1.82) is 0 Å². The number of hydrogen-bond acceptors (Lipinski definition) is 2. The van der Waals surface area contributed by atoms with Crippen LogP contribution < -0.4 is 4.74 Å². The van der Waals surface area contributed by atoms with Crippen LogP contribution in [0, 0.1) is 5.92 Å². The molecular formula is C22H24N2O2. The lowest BCUT2D eigenvalue weighted by Crippen LogP contribution is -2.38. The van der Waals surface area contributed by atoms with E-state index in [1.54, 1.807) is 7.11 Å². The molecule has 2 aromatic carbocycles. The van der Waals surface area contributed by atoms with Gasteiger partial charge in [0.25, 0.3) is 5.91 Å². The molecule has 0 bridgehead atoms. The number of carbonyl (C=O) groups excluding carboxylic acids is 1. The topological polar surface area (TPSA) is 45.3 Å². The largest absolute Gasteiger partial charge is 0.495 e. The molecule has 1 aliphatic rings. The van der Waals surface area contributed by atoms with Gasteiger partial charge in [0.15, 0.2) is 0 Å². The van der Waals surface area contributed by atoms with Gasteiger partial charge < -0.3 is 14.6 Å². The summed E-state index contributed by atoms with van der Waals surface area (Å²) in [7, 11) is 1.65. The number of benzene rings is 2. The Morgan fingerprint density at radius 2 is 1.88 bits per heavy atom. The second kappa shape index (κ2) is 7.24. The number of amides is 1. The number of aromatic nitrogens is 1. The summed E-state index contributed by atoms with van der Waals surface area (Å²) in [4.78, 5) is 18.2. The van der Waals surface area contributed by atoms with Gasteiger partial charge in [-0.05, 0) is 36.8 Å². The molecule has 0 aliphatic carbocycles. The van der Waals surface area contributed by atoms with E-state index in [4.69, 9.17) is 4.74 Å². The van der Waals surface area contributed by atoms with Crippen molar-refractivity contribution in [2.24, 2.45) is 5.92 Å². The summed E-state index contributed by atoms with van der Waals surface area (Å²) in [6.07, 6.45) is 5.04. The number of fused-ring (bicyclic) bond motifs is 1. The molecule has 0 unspecified atom stereocenters. The highest BCUT2D eigenvalue weighted by Gasteiger charge is 2.25. The Morgan fingerprint density at radius 1 is 1.12 bits per heavy atom. The Hall–Kier alpha value is -2.75. The predicted octanol–water partition coefficient (Wildman–Crippen LogP) is 4.27. The summed E-state index contributed by atoms with van der Waals surface area (Å²) >= 11 is 0. The zero-order valence-electron chi connectivity index (χ0n) is 15.1. The van der Waals surface area contributed by atoms with Crippen LogP contribution in [0.2, 0.25) is 0 Å². The fourth-order valence-corrected chi connectivity index (χ4v) is 3.93.